The molecule has 2 rings (SSSR count). The lowest BCUT2D eigenvalue weighted by molar-refractivity contribution is -0.147. The fraction of sp³-hybridized carbons (Fsp3) is 0.333. The molecular weight excluding hydrogens is 252 g/mol. The van der Waals surface area contributed by atoms with Gasteiger partial charge in [-0.15, -0.1) is 11.8 Å². The number of nitrogens with zero attached hydrogens (tertiary/aromatic N) is 1. The molecule has 3 N–H and O–H groups in total. The van der Waals surface area contributed by atoms with Crippen LogP contribution in [-0.4, -0.2) is 39.6 Å². The van der Waals surface area contributed by atoms with Gasteiger partial charge in [-0.2, -0.15) is 0 Å². The first-order chi connectivity index (χ1) is 8.58. The minimum absolute atomic E-state index is 0.155. The van der Waals surface area contributed by atoms with Crippen molar-refractivity contribution in [2.45, 2.75) is 12.5 Å². The summed E-state index contributed by atoms with van der Waals surface area (Å²) in [5.41, 5.74) is 7.05. The number of carboxylic acid groups (broad SMARTS) is 1. The second-order valence-electron chi connectivity index (χ2n) is 4.14. The van der Waals surface area contributed by atoms with Crippen LogP contribution in [-0.2, 0) is 16.0 Å². The summed E-state index contributed by atoms with van der Waals surface area (Å²) in [7, 11) is 0. The largest absolute Gasteiger partial charge is 0.480 e. The number of anilines is 1. The minimum Gasteiger partial charge on any atom is -0.480 e. The topological polar surface area (TPSA) is 83.6 Å². The van der Waals surface area contributed by atoms with Crippen molar-refractivity contribution in [2.75, 3.05) is 17.4 Å². The summed E-state index contributed by atoms with van der Waals surface area (Å²) in [4.78, 5) is 24.4. The molecule has 1 aliphatic rings. The Kier molecular flexibility index (Phi) is 3.76. The number of carbonyl (C=O) groups excluding carboxylic acids is 1. The van der Waals surface area contributed by atoms with Crippen LogP contribution in [0.1, 0.15) is 5.56 Å². The lowest BCUT2D eigenvalue weighted by atomic mass is 10.1. The van der Waals surface area contributed by atoms with E-state index in [2.05, 4.69) is 0 Å². The lowest BCUT2D eigenvalue weighted by Crippen LogP contribution is -2.42. The van der Waals surface area contributed by atoms with Crippen LogP contribution in [0.25, 0.3) is 0 Å². The quantitative estimate of drug-likeness (QED) is 0.790. The van der Waals surface area contributed by atoms with E-state index in [0.717, 1.165) is 5.56 Å². The predicted octanol–water partition coefficient (Wildman–Crippen LogP) is 0.797. The zero-order chi connectivity index (χ0) is 13.1. The Morgan fingerprint density at radius 3 is 2.67 bits per heavy atom. The van der Waals surface area contributed by atoms with Crippen molar-refractivity contribution < 1.29 is 14.7 Å². The molecular formula is C12H14N2O3S. The lowest BCUT2D eigenvalue weighted by Gasteiger charge is -2.20. The van der Waals surface area contributed by atoms with Crippen LogP contribution < -0.4 is 5.73 Å². The zero-order valence-corrected chi connectivity index (χ0v) is 10.5. The maximum Gasteiger partial charge on any atom is 0.327 e. The fourth-order valence-corrected chi connectivity index (χ4v) is 2.98. The highest BCUT2D eigenvalue weighted by molar-refractivity contribution is 7.99. The van der Waals surface area contributed by atoms with Gasteiger partial charge in [0, 0.05) is 11.4 Å². The second kappa shape index (κ2) is 5.30. The average molecular weight is 266 g/mol. The van der Waals surface area contributed by atoms with Gasteiger partial charge in [0.05, 0.1) is 12.3 Å². The van der Waals surface area contributed by atoms with Gasteiger partial charge in [0.15, 0.2) is 0 Å². The standard InChI is InChI=1S/C12H14N2O3S/c13-9-3-1-8(2-4-9)5-11(15)14-7-18-6-10(14)12(16)17/h1-4,10H,5-7,13H2,(H,16,17)/t10-/m0/s1. The Morgan fingerprint density at radius 1 is 1.39 bits per heavy atom. The number of nitrogen functional groups attached to an aromatic ring is 1. The molecule has 1 saturated heterocycles. The third-order valence-corrected chi connectivity index (χ3v) is 3.83. The van der Waals surface area contributed by atoms with Crippen molar-refractivity contribution >= 4 is 29.3 Å². The molecule has 96 valence electrons. The molecule has 6 heteroatoms. The Morgan fingerprint density at radius 2 is 2.06 bits per heavy atom. The summed E-state index contributed by atoms with van der Waals surface area (Å²) in [5.74, 6) is -0.184. The molecule has 1 aromatic rings. The van der Waals surface area contributed by atoms with Crippen LogP contribution in [0.4, 0.5) is 5.69 Å². The first-order valence-corrected chi connectivity index (χ1v) is 6.68. The Hall–Kier alpha value is -1.69. The number of hydrogen-bond acceptors (Lipinski definition) is 4. The van der Waals surface area contributed by atoms with Crippen LogP contribution in [0.5, 0.6) is 0 Å². The average Bonchev–Trinajstić information content (AvgIpc) is 2.81. The molecule has 5 nitrogen and oxygen atoms in total. The maximum absolute atomic E-state index is 12.0. The summed E-state index contributed by atoms with van der Waals surface area (Å²) < 4.78 is 0. The number of carbonyl (C=O) groups is 2. The van der Waals surface area contributed by atoms with Gasteiger partial charge in [0.1, 0.15) is 6.04 Å². The van der Waals surface area contributed by atoms with Crippen LogP contribution in [0.15, 0.2) is 24.3 Å². The van der Waals surface area contributed by atoms with E-state index in [1.54, 1.807) is 24.3 Å². The fourth-order valence-electron chi connectivity index (χ4n) is 1.80. The molecule has 0 unspecified atom stereocenters. The van der Waals surface area contributed by atoms with Gasteiger partial charge in [-0.25, -0.2) is 4.79 Å². The molecule has 0 bridgehead atoms. The number of aliphatic carboxylic acids is 1. The molecule has 1 fully saturated rings. The molecule has 1 aliphatic heterocycles. The molecule has 0 spiro atoms. The zero-order valence-electron chi connectivity index (χ0n) is 9.70. The number of rotatable bonds is 3. The van der Waals surface area contributed by atoms with E-state index in [0.29, 0.717) is 17.3 Å². The van der Waals surface area contributed by atoms with Crippen molar-refractivity contribution in [1.82, 2.24) is 4.90 Å². The highest BCUT2D eigenvalue weighted by Gasteiger charge is 2.34. The van der Waals surface area contributed by atoms with Crippen molar-refractivity contribution in [3.8, 4) is 0 Å². The monoisotopic (exact) mass is 266 g/mol. The molecule has 1 amide bonds. The van der Waals surface area contributed by atoms with Crippen molar-refractivity contribution in [3.63, 3.8) is 0 Å². The summed E-state index contributed by atoms with van der Waals surface area (Å²) in [6.45, 7) is 0. The smallest absolute Gasteiger partial charge is 0.327 e. The van der Waals surface area contributed by atoms with E-state index >= 15 is 0 Å². The molecule has 1 heterocycles. The molecule has 0 aliphatic carbocycles. The summed E-state index contributed by atoms with van der Waals surface area (Å²) in [5, 5.41) is 9.01. The van der Waals surface area contributed by atoms with Crippen molar-refractivity contribution in [3.05, 3.63) is 29.8 Å². The number of benzene rings is 1. The van der Waals surface area contributed by atoms with E-state index < -0.39 is 12.0 Å². The third kappa shape index (κ3) is 2.76. The van der Waals surface area contributed by atoms with Crippen molar-refractivity contribution in [2.24, 2.45) is 0 Å². The number of carboxylic acids is 1. The highest BCUT2D eigenvalue weighted by Crippen LogP contribution is 2.22. The molecule has 0 aromatic heterocycles. The van der Waals surface area contributed by atoms with Gasteiger partial charge >= 0.3 is 5.97 Å². The molecule has 0 radical (unpaired) electrons. The third-order valence-electron chi connectivity index (χ3n) is 2.82. The predicted molar refractivity (Wildman–Crippen MR) is 70.2 cm³/mol. The van der Waals surface area contributed by atoms with E-state index in [1.807, 2.05) is 0 Å². The van der Waals surface area contributed by atoms with Crippen LogP contribution in [0.2, 0.25) is 0 Å². The maximum atomic E-state index is 12.0. The van der Waals surface area contributed by atoms with Crippen molar-refractivity contribution in [1.29, 1.82) is 0 Å². The van der Waals surface area contributed by atoms with Gasteiger partial charge in [-0.1, -0.05) is 12.1 Å². The van der Waals surface area contributed by atoms with E-state index in [9.17, 15) is 9.59 Å². The second-order valence-corrected chi connectivity index (χ2v) is 5.14. The van der Waals surface area contributed by atoms with Crippen LogP contribution in [0.3, 0.4) is 0 Å². The molecule has 0 saturated carbocycles. The van der Waals surface area contributed by atoms with Gasteiger partial charge in [-0.05, 0) is 17.7 Å². The molecule has 1 atom stereocenters. The van der Waals surface area contributed by atoms with Gasteiger partial charge in [0.25, 0.3) is 0 Å². The van der Waals surface area contributed by atoms with Gasteiger partial charge in [-0.3, -0.25) is 4.79 Å². The number of nitrogens with two attached hydrogens (primary N) is 1. The molecule has 1 aromatic carbocycles. The summed E-state index contributed by atoms with van der Waals surface area (Å²) in [6.07, 6.45) is 0.213. The first kappa shape index (κ1) is 12.8. The number of amides is 1. The minimum atomic E-state index is -0.939. The van der Waals surface area contributed by atoms with E-state index in [-0.39, 0.29) is 12.3 Å². The van der Waals surface area contributed by atoms with E-state index in [4.69, 9.17) is 10.8 Å². The van der Waals surface area contributed by atoms with Gasteiger partial charge in [0.2, 0.25) is 5.91 Å². The van der Waals surface area contributed by atoms with Crippen LogP contribution >= 0.6 is 11.8 Å². The Balaban J connectivity index is 2.03. The summed E-state index contributed by atoms with van der Waals surface area (Å²) >= 11 is 1.46. The SMILES string of the molecule is Nc1ccc(CC(=O)N2CSC[C@H]2C(=O)O)cc1. The van der Waals surface area contributed by atoms with Crippen LogP contribution in [0, 0.1) is 0 Å². The highest BCUT2D eigenvalue weighted by atomic mass is 32.2. The van der Waals surface area contributed by atoms with E-state index in [1.165, 1.54) is 16.7 Å². The molecule has 18 heavy (non-hydrogen) atoms. The van der Waals surface area contributed by atoms with Gasteiger partial charge < -0.3 is 15.7 Å². The first-order valence-electron chi connectivity index (χ1n) is 5.52. The Bertz CT molecular complexity index is 461. The number of hydrogen-bond donors (Lipinski definition) is 2. The normalized spacial score (nSPS) is 18.9. The Labute approximate surface area is 109 Å². The number of thioether (sulfide) groups is 1. The summed E-state index contributed by atoms with van der Waals surface area (Å²) in [6, 6.07) is 6.33.